The quantitative estimate of drug-likeness (QED) is 0.661. The highest BCUT2D eigenvalue weighted by Gasteiger charge is 2.19. The molecule has 0 heterocycles. The van der Waals surface area contributed by atoms with Gasteiger partial charge in [-0.05, 0) is 62.7 Å². The minimum atomic E-state index is -0.971. The summed E-state index contributed by atoms with van der Waals surface area (Å²) < 4.78 is 10.8. The summed E-state index contributed by atoms with van der Waals surface area (Å²) >= 11 is 0. The van der Waals surface area contributed by atoms with E-state index >= 15 is 0 Å². The van der Waals surface area contributed by atoms with Crippen molar-refractivity contribution in [1.29, 1.82) is 0 Å². The third kappa shape index (κ3) is 7.38. The summed E-state index contributed by atoms with van der Waals surface area (Å²) in [5.74, 6) is -1.21. The number of rotatable bonds is 8. The van der Waals surface area contributed by atoms with Crippen molar-refractivity contribution in [2.45, 2.75) is 46.5 Å². The fourth-order valence-corrected chi connectivity index (χ4v) is 2.37. The molecule has 154 valence electrons. The third-order valence-electron chi connectivity index (χ3n) is 3.90. The molecule has 2 N–H and O–H groups in total. The summed E-state index contributed by atoms with van der Waals surface area (Å²) in [6, 6.07) is 13.5. The van der Waals surface area contributed by atoms with Crippen molar-refractivity contribution in [2.24, 2.45) is 0 Å². The molecule has 0 radical (unpaired) electrons. The van der Waals surface area contributed by atoms with Crippen molar-refractivity contribution < 1.29 is 23.9 Å². The third-order valence-corrected chi connectivity index (χ3v) is 3.90. The van der Waals surface area contributed by atoms with E-state index in [1.807, 2.05) is 13.8 Å². The van der Waals surface area contributed by atoms with Gasteiger partial charge >= 0.3 is 5.97 Å². The van der Waals surface area contributed by atoms with Crippen LogP contribution in [0.3, 0.4) is 0 Å². The van der Waals surface area contributed by atoms with Gasteiger partial charge in [-0.25, -0.2) is 4.79 Å². The molecule has 2 aromatic rings. The summed E-state index contributed by atoms with van der Waals surface area (Å²) in [4.78, 5) is 35.6. The molecule has 0 saturated carbocycles. The number of nitrogens with one attached hydrogen (secondary N) is 2. The van der Waals surface area contributed by atoms with Crippen molar-refractivity contribution in [3.8, 4) is 0 Å². The van der Waals surface area contributed by atoms with Crippen LogP contribution in [0, 0.1) is 0 Å². The Labute approximate surface area is 170 Å². The molecule has 7 nitrogen and oxygen atoms in total. The Bertz CT molecular complexity index is 845. The molecule has 0 spiro atoms. The average Bonchev–Trinajstić information content (AvgIpc) is 2.67. The Morgan fingerprint density at radius 2 is 1.41 bits per heavy atom. The highest BCUT2D eigenvalue weighted by atomic mass is 16.5. The molecule has 0 unspecified atom stereocenters. The maximum absolute atomic E-state index is 12.3. The summed E-state index contributed by atoms with van der Waals surface area (Å²) in [7, 11) is 0. The molecule has 0 bridgehead atoms. The van der Waals surface area contributed by atoms with Gasteiger partial charge < -0.3 is 20.1 Å². The van der Waals surface area contributed by atoms with Gasteiger partial charge in [0.25, 0.3) is 5.91 Å². The van der Waals surface area contributed by atoms with Crippen LogP contribution in [0.1, 0.15) is 43.6 Å². The second kappa shape index (κ2) is 10.4. The van der Waals surface area contributed by atoms with E-state index in [0.29, 0.717) is 23.5 Å². The lowest BCUT2D eigenvalue weighted by Crippen LogP contribution is -2.30. The minimum absolute atomic E-state index is 0.126. The van der Waals surface area contributed by atoms with E-state index in [9.17, 15) is 14.4 Å². The summed E-state index contributed by atoms with van der Waals surface area (Å²) in [6.07, 6.45) is -0.845. The average molecular weight is 398 g/mol. The standard InChI is InChI=1S/C22H26N2O5/c1-14(2)28-13-17-5-7-18(8-6-17)22(27)29-15(3)21(26)24-20-11-9-19(10-12-20)23-16(4)25/h5-12,14-15H,13H2,1-4H3,(H,23,25)(H,24,26)/t15-/m1/s1. The van der Waals surface area contributed by atoms with Crippen LogP contribution in [0.4, 0.5) is 11.4 Å². The number of hydrogen-bond donors (Lipinski definition) is 2. The highest BCUT2D eigenvalue weighted by Crippen LogP contribution is 2.15. The summed E-state index contributed by atoms with van der Waals surface area (Å²) in [6.45, 7) is 7.29. The Kier molecular flexibility index (Phi) is 7.91. The normalized spacial score (nSPS) is 11.6. The van der Waals surface area contributed by atoms with Crippen molar-refractivity contribution in [1.82, 2.24) is 0 Å². The van der Waals surface area contributed by atoms with Crippen LogP contribution in [0.15, 0.2) is 48.5 Å². The molecule has 0 fully saturated rings. The maximum atomic E-state index is 12.3. The second-order valence-corrected chi connectivity index (χ2v) is 6.85. The van der Waals surface area contributed by atoms with E-state index in [1.54, 1.807) is 48.5 Å². The molecule has 2 rings (SSSR count). The SMILES string of the molecule is CC(=O)Nc1ccc(NC(=O)[C@@H](C)OC(=O)c2ccc(COC(C)C)cc2)cc1. The fourth-order valence-electron chi connectivity index (χ4n) is 2.37. The first kappa shape index (κ1) is 22.1. The number of hydrogen-bond acceptors (Lipinski definition) is 5. The van der Waals surface area contributed by atoms with E-state index in [1.165, 1.54) is 13.8 Å². The fraction of sp³-hybridized carbons (Fsp3) is 0.318. The van der Waals surface area contributed by atoms with E-state index in [0.717, 1.165) is 5.56 Å². The number of benzene rings is 2. The minimum Gasteiger partial charge on any atom is -0.449 e. The lowest BCUT2D eigenvalue weighted by atomic mass is 10.1. The molecule has 0 aliphatic rings. The Balaban J connectivity index is 1.88. The Morgan fingerprint density at radius 1 is 0.862 bits per heavy atom. The van der Waals surface area contributed by atoms with Crippen LogP contribution in [0.25, 0.3) is 0 Å². The zero-order chi connectivity index (χ0) is 21.4. The number of amides is 2. The predicted molar refractivity (Wildman–Crippen MR) is 111 cm³/mol. The molecule has 2 aromatic carbocycles. The summed E-state index contributed by atoms with van der Waals surface area (Å²) in [5, 5.41) is 5.31. The smallest absolute Gasteiger partial charge is 0.338 e. The van der Waals surface area contributed by atoms with E-state index in [2.05, 4.69) is 10.6 Å². The number of carbonyl (C=O) groups excluding carboxylic acids is 3. The van der Waals surface area contributed by atoms with Gasteiger partial charge in [-0.2, -0.15) is 0 Å². The number of ether oxygens (including phenoxy) is 2. The summed E-state index contributed by atoms with van der Waals surface area (Å²) in [5.41, 5.74) is 2.46. The molecule has 7 heteroatoms. The first-order valence-electron chi connectivity index (χ1n) is 9.34. The van der Waals surface area contributed by atoms with Crippen LogP contribution in [-0.4, -0.2) is 30.0 Å². The first-order valence-corrected chi connectivity index (χ1v) is 9.34. The molecule has 29 heavy (non-hydrogen) atoms. The number of anilines is 2. The molecule has 0 aliphatic heterocycles. The van der Waals surface area contributed by atoms with Crippen molar-refractivity contribution in [3.63, 3.8) is 0 Å². The zero-order valence-corrected chi connectivity index (χ0v) is 17.0. The van der Waals surface area contributed by atoms with Gasteiger partial charge in [-0.3, -0.25) is 9.59 Å². The molecule has 0 aromatic heterocycles. The van der Waals surface area contributed by atoms with E-state index < -0.39 is 18.0 Å². The topological polar surface area (TPSA) is 93.7 Å². The van der Waals surface area contributed by atoms with Gasteiger partial charge in [0.05, 0.1) is 18.3 Å². The Hall–Kier alpha value is -3.19. The van der Waals surface area contributed by atoms with Crippen LogP contribution in [0.2, 0.25) is 0 Å². The number of esters is 1. The van der Waals surface area contributed by atoms with Gasteiger partial charge in [0.2, 0.25) is 5.91 Å². The second-order valence-electron chi connectivity index (χ2n) is 6.85. The van der Waals surface area contributed by atoms with Gasteiger partial charge in [0.15, 0.2) is 6.10 Å². The Morgan fingerprint density at radius 3 is 1.93 bits per heavy atom. The molecular weight excluding hydrogens is 372 g/mol. The molecule has 1 atom stereocenters. The van der Waals surface area contributed by atoms with Gasteiger partial charge in [0, 0.05) is 18.3 Å². The van der Waals surface area contributed by atoms with Crippen molar-refractivity contribution >= 4 is 29.2 Å². The van der Waals surface area contributed by atoms with E-state index in [-0.39, 0.29) is 12.0 Å². The highest BCUT2D eigenvalue weighted by molar-refractivity contribution is 5.97. The van der Waals surface area contributed by atoms with E-state index in [4.69, 9.17) is 9.47 Å². The predicted octanol–water partition coefficient (Wildman–Crippen LogP) is 3.75. The van der Waals surface area contributed by atoms with Gasteiger partial charge in [-0.15, -0.1) is 0 Å². The molecular formula is C22H26N2O5. The maximum Gasteiger partial charge on any atom is 0.338 e. The van der Waals surface area contributed by atoms with Gasteiger partial charge in [0.1, 0.15) is 0 Å². The largest absolute Gasteiger partial charge is 0.449 e. The number of carbonyl (C=O) groups is 3. The molecule has 0 saturated heterocycles. The van der Waals surface area contributed by atoms with Crippen LogP contribution in [0.5, 0.6) is 0 Å². The molecule has 2 amide bonds. The van der Waals surface area contributed by atoms with Crippen LogP contribution >= 0.6 is 0 Å². The lowest BCUT2D eigenvalue weighted by molar-refractivity contribution is -0.123. The van der Waals surface area contributed by atoms with Crippen molar-refractivity contribution in [2.75, 3.05) is 10.6 Å². The molecule has 0 aliphatic carbocycles. The lowest BCUT2D eigenvalue weighted by Gasteiger charge is -2.14. The monoisotopic (exact) mass is 398 g/mol. The zero-order valence-electron chi connectivity index (χ0n) is 17.0. The van der Waals surface area contributed by atoms with Gasteiger partial charge in [-0.1, -0.05) is 12.1 Å². The first-order chi connectivity index (χ1) is 13.7. The van der Waals surface area contributed by atoms with Crippen LogP contribution in [-0.2, 0) is 25.7 Å². The van der Waals surface area contributed by atoms with Crippen LogP contribution < -0.4 is 10.6 Å². The van der Waals surface area contributed by atoms with Crippen molar-refractivity contribution in [3.05, 3.63) is 59.7 Å².